The molecule has 3 heterocycles. The molecular weight excluding hydrogens is 379 g/mol. The number of imide groups is 1. The van der Waals surface area contributed by atoms with Crippen LogP contribution in [0.1, 0.15) is 24.3 Å². The molecule has 2 aromatic rings. The fourth-order valence-electron chi connectivity index (χ4n) is 3.78. The predicted octanol–water partition coefficient (Wildman–Crippen LogP) is 3.28. The smallest absolute Gasteiger partial charge is 0.278 e. The summed E-state index contributed by atoms with van der Waals surface area (Å²) in [6.45, 7) is 5.15. The van der Waals surface area contributed by atoms with Gasteiger partial charge >= 0.3 is 0 Å². The molecule has 2 aliphatic heterocycles. The average molecular weight is 400 g/mol. The lowest BCUT2D eigenvalue weighted by Gasteiger charge is -2.37. The van der Waals surface area contributed by atoms with Crippen LogP contribution in [0.4, 0.5) is 4.39 Å². The molecule has 0 aliphatic carbocycles. The molecule has 2 aliphatic rings. The van der Waals surface area contributed by atoms with Crippen LogP contribution in [0.25, 0.3) is 5.57 Å². The molecule has 0 saturated carbocycles. The van der Waals surface area contributed by atoms with Crippen molar-refractivity contribution in [2.75, 3.05) is 13.1 Å². The number of rotatable bonds is 4. The molecule has 1 aromatic heterocycles. The lowest BCUT2D eigenvalue weighted by atomic mass is 10.1. The SMILES string of the molecule is CC1CN(C2=C(c3cccs3)C(=O)N(Cc3ccc(F)cc3)C2=O)CC(C)O1. The second kappa shape index (κ2) is 7.48. The zero-order valence-electron chi connectivity index (χ0n) is 15.7. The van der Waals surface area contributed by atoms with E-state index in [4.69, 9.17) is 4.74 Å². The molecule has 28 heavy (non-hydrogen) atoms. The zero-order valence-corrected chi connectivity index (χ0v) is 16.5. The van der Waals surface area contributed by atoms with Crippen LogP contribution in [0.2, 0.25) is 0 Å². The maximum atomic E-state index is 13.3. The zero-order chi connectivity index (χ0) is 19.8. The van der Waals surface area contributed by atoms with Crippen molar-refractivity contribution in [1.29, 1.82) is 0 Å². The minimum absolute atomic E-state index is 0.0325. The summed E-state index contributed by atoms with van der Waals surface area (Å²) in [5.41, 5.74) is 1.60. The van der Waals surface area contributed by atoms with E-state index < -0.39 is 0 Å². The van der Waals surface area contributed by atoms with E-state index in [0.29, 0.717) is 29.9 Å². The first-order valence-corrected chi connectivity index (χ1v) is 10.1. The molecule has 1 saturated heterocycles. The highest BCUT2D eigenvalue weighted by Gasteiger charge is 2.43. The maximum absolute atomic E-state index is 13.3. The lowest BCUT2D eigenvalue weighted by Crippen LogP contribution is -2.46. The number of carbonyl (C=O) groups is 2. The first-order chi connectivity index (χ1) is 13.4. The average Bonchev–Trinajstić information content (AvgIpc) is 3.25. The van der Waals surface area contributed by atoms with Crippen LogP contribution in [0.15, 0.2) is 47.5 Å². The van der Waals surface area contributed by atoms with Crippen LogP contribution < -0.4 is 0 Å². The van der Waals surface area contributed by atoms with E-state index in [2.05, 4.69) is 0 Å². The van der Waals surface area contributed by atoms with Crippen molar-refractivity contribution in [3.8, 4) is 0 Å². The van der Waals surface area contributed by atoms with Crippen LogP contribution >= 0.6 is 11.3 Å². The molecule has 7 heteroatoms. The van der Waals surface area contributed by atoms with E-state index in [9.17, 15) is 14.0 Å². The van der Waals surface area contributed by atoms with Crippen molar-refractivity contribution in [3.63, 3.8) is 0 Å². The van der Waals surface area contributed by atoms with Crippen LogP contribution in [-0.4, -0.2) is 46.9 Å². The van der Waals surface area contributed by atoms with E-state index in [0.717, 1.165) is 4.88 Å². The molecule has 4 rings (SSSR count). The summed E-state index contributed by atoms with van der Waals surface area (Å²) in [4.78, 5) is 30.5. The Morgan fingerprint density at radius 1 is 1.07 bits per heavy atom. The Bertz CT molecular complexity index is 914. The standard InChI is InChI=1S/C21H21FN2O3S/c1-13-10-23(11-14(2)27-13)19-18(17-4-3-9-28-17)20(25)24(21(19)26)12-15-5-7-16(22)8-6-15/h3-9,13-14H,10-12H2,1-2H3. The molecule has 5 nitrogen and oxygen atoms in total. The van der Waals surface area contributed by atoms with E-state index in [-0.39, 0.29) is 36.4 Å². The molecular formula is C21H21FN2O3S. The Balaban J connectivity index is 1.70. The van der Waals surface area contributed by atoms with Crippen LogP contribution in [0.5, 0.6) is 0 Å². The third-order valence-corrected chi connectivity index (χ3v) is 5.79. The van der Waals surface area contributed by atoms with Gasteiger partial charge in [-0.25, -0.2) is 4.39 Å². The summed E-state index contributed by atoms with van der Waals surface area (Å²) in [6, 6.07) is 9.59. The highest BCUT2D eigenvalue weighted by Crippen LogP contribution is 2.35. The number of hydrogen-bond acceptors (Lipinski definition) is 5. The Morgan fingerprint density at radius 2 is 1.75 bits per heavy atom. The fourth-order valence-corrected chi connectivity index (χ4v) is 4.54. The number of nitrogens with zero attached hydrogens (tertiary/aromatic N) is 2. The molecule has 0 spiro atoms. The predicted molar refractivity (Wildman–Crippen MR) is 105 cm³/mol. The molecule has 2 amide bonds. The van der Waals surface area contributed by atoms with Crippen LogP contribution in [0.3, 0.4) is 0 Å². The summed E-state index contributed by atoms with van der Waals surface area (Å²) in [7, 11) is 0. The normalized spacial score (nSPS) is 23.1. The van der Waals surface area contributed by atoms with Crippen LogP contribution in [0, 0.1) is 5.82 Å². The molecule has 146 valence electrons. The summed E-state index contributed by atoms with van der Waals surface area (Å²) < 4.78 is 19.0. The number of amides is 2. The molecule has 2 unspecified atom stereocenters. The van der Waals surface area contributed by atoms with Gasteiger partial charge in [0.1, 0.15) is 11.5 Å². The lowest BCUT2D eigenvalue weighted by molar-refractivity contribution is -0.139. The molecule has 1 aromatic carbocycles. The minimum atomic E-state index is -0.350. The Hall–Kier alpha value is -2.51. The molecule has 0 radical (unpaired) electrons. The first kappa shape index (κ1) is 18.8. The van der Waals surface area contributed by atoms with Crippen molar-refractivity contribution in [1.82, 2.24) is 9.80 Å². The van der Waals surface area contributed by atoms with E-state index in [1.807, 2.05) is 36.3 Å². The van der Waals surface area contributed by atoms with Gasteiger partial charge in [-0.3, -0.25) is 14.5 Å². The Morgan fingerprint density at radius 3 is 2.36 bits per heavy atom. The number of hydrogen-bond donors (Lipinski definition) is 0. The van der Waals surface area contributed by atoms with Crippen molar-refractivity contribution >= 4 is 28.7 Å². The summed E-state index contributed by atoms with van der Waals surface area (Å²) in [5, 5.41) is 1.89. The Kier molecular flexibility index (Phi) is 5.03. The third-order valence-electron chi connectivity index (χ3n) is 4.90. The number of morpholine rings is 1. The molecule has 1 fully saturated rings. The van der Waals surface area contributed by atoms with Gasteiger partial charge in [0, 0.05) is 18.0 Å². The largest absolute Gasteiger partial charge is 0.372 e. The van der Waals surface area contributed by atoms with Gasteiger partial charge in [-0.1, -0.05) is 18.2 Å². The maximum Gasteiger partial charge on any atom is 0.278 e. The van der Waals surface area contributed by atoms with Gasteiger partial charge in [-0.2, -0.15) is 0 Å². The van der Waals surface area contributed by atoms with Crippen LogP contribution in [-0.2, 0) is 20.9 Å². The minimum Gasteiger partial charge on any atom is -0.372 e. The van der Waals surface area contributed by atoms with Gasteiger partial charge < -0.3 is 9.64 Å². The molecule has 2 atom stereocenters. The second-order valence-electron chi connectivity index (χ2n) is 7.19. The second-order valence-corrected chi connectivity index (χ2v) is 8.13. The van der Waals surface area contributed by atoms with E-state index in [1.165, 1.54) is 28.4 Å². The number of ether oxygens (including phenoxy) is 1. The quantitative estimate of drug-likeness (QED) is 0.739. The summed E-state index contributed by atoms with van der Waals surface area (Å²) in [6.07, 6.45) is -0.0650. The van der Waals surface area contributed by atoms with Crippen molar-refractivity contribution in [2.24, 2.45) is 0 Å². The van der Waals surface area contributed by atoms with Gasteiger partial charge in [0.05, 0.1) is 24.3 Å². The van der Waals surface area contributed by atoms with Crippen molar-refractivity contribution in [3.05, 3.63) is 63.7 Å². The first-order valence-electron chi connectivity index (χ1n) is 9.23. The Labute approximate surface area is 167 Å². The number of carbonyl (C=O) groups excluding carboxylic acids is 2. The number of thiophene rings is 1. The van der Waals surface area contributed by atoms with E-state index >= 15 is 0 Å². The summed E-state index contributed by atoms with van der Waals surface area (Å²) in [5.74, 6) is -0.963. The topological polar surface area (TPSA) is 49.9 Å². The van der Waals surface area contributed by atoms with Crippen molar-refractivity contribution in [2.45, 2.75) is 32.6 Å². The number of halogens is 1. The highest BCUT2D eigenvalue weighted by atomic mass is 32.1. The van der Waals surface area contributed by atoms with Gasteiger partial charge in [0.2, 0.25) is 0 Å². The highest BCUT2D eigenvalue weighted by molar-refractivity contribution is 7.11. The fraction of sp³-hybridized carbons (Fsp3) is 0.333. The van der Waals surface area contributed by atoms with Gasteiger partial charge in [0.15, 0.2) is 0 Å². The van der Waals surface area contributed by atoms with Gasteiger partial charge in [0.25, 0.3) is 11.8 Å². The number of benzene rings is 1. The summed E-state index contributed by atoms with van der Waals surface area (Å²) >= 11 is 1.44. The van der Waals surface area contributed by atoms with Gasteiger partial charge in [-0.05, 0) is 43.0 Å². The van der Waals surface area contributed by atoms with Crippen molar-refractivity contribution < 1.29 is 18.7 Å². The third kappa shape index (κ3) is 3.47. The monoisotopic (exact) mass is 400 g/mol. The molecule has 0 N–H and O–H groups in total. The van der Waals surface area contributed by atoms with Gasteiger partial charge in [-0.15, -0.1) is 11.3 Å². The van der Waals surface area contributed by atoms with E-state index in [1.54, 1.807) is 12.1 Å². The molecule has 0 bridgehead atoms.